The van der Waals surface area contributed by atoms with E-state index in [-0.39, 0.29) is 0 Å². The van der Waals surface area contributed by atoms with Crippen LogP contribution in [0.2, 0.25) is 0 Å². The average molecular weight is 422 g/mol. The van der Waals surface area contributed by atoms with Crippen molar-refractivity contribution in [2.24, 2.45) is 0 Å². The van der Waals surface area contributed by atoms with Gasteiger partial charge in [0.1, 0.15) is 6.61 Å². The molecule has 4 nitrogen and oxygen atoms in total. The van der Waals surface area contributed by atoms with Crippen molar-refractivity contribution in [2.45, 2.75) is 33.4 Å². The van der Waals surface area contributed by atoms with E-state index in [9.17, 15) is 0 Å². The molecule has 0 spiro atoms. The molecule has 26 heavy (non-hydrogen) atoms. The summed E-state index contributed by atoms with van der Waals surface area (Å²) < 4.78 is 17.9. The minimum Gasteiger partial charge on any atom is -0.490 e. The summed E-state index contributed by atoms with van der Waals surface area (Å²) in [6.45, 7) is 7.64. The van der Waals surface area contributed by atoms with Gasteiger partial charge in [0.15, 0.2) is 11.5 Å². The zero-order chi connectivity index (χ0) is 18.8. The van der Waals surface area contributed by atoms with E-state index in [0.29, 0.717) is 13.2 Å². The van der Waals surface area contributed by atoms with Gasteiger partial charge in [-0.2, -0.15) is 0 Å². The zero-order valence-corrected chi connectivity index (χ0v) is 17.4. The SMILES string of the molecule is CCOc1cc(CNCCCOC)c(Br)cc1OCc1ccccc1C. The van der Waals surface area contributed by atoms with Crippen molar-refractivity contribution in [3.05, 3.63) is 57.6 Å². The van der Waals surface area contributed by atoms with E-state index < -0.39 is 0 Å². The lowest BCUT2D eigenvalue weighted by molar-refractivity contribution is 0.194. The van der Waals surface area contributed by atoms with Crippen LogP contribution < -0.4 is 14.8 Å². The molecule has 5 heteroatoms. The number of hydrogen-bond acceptors (Lipinski definition) is 4. The summed E-state index contributed by atoms with van der Waals surface area (Å²) in [5.41, 5.74) is 3.55. The molecule has 0 aliphatic carbocycles. The number of nitrogens with one attached hydrogen (secondary N) is 1. The third-order valence-electron chi connectivity index (χ3n) is 4.07. The van der Waals surface area contributed by atoms with Gasteiger partial charge < -0.3 is 19.5 Å². The predicted molar refractivity (Wildman–Crippen MR) is 109 cm³/mol. The van der Waals surface area contributed by atoms with Crippen LogP contribution in [-0.2, 0) is 17.9 Å². The number of hydrogen-bond donors (Lipinski definition) is 1. The van der Waals surface area contributed by atoms with Crippen LogP contribution in [0.3, 0.4) is 0 Å². The van der Waals surface area contributed by atoms with Crippen molar-refractivity contribution >= 4 is 15.9 Å². The zero-order valence-electron chi connectivity index (χ0n) is 15.8. The summed E-state index contributed by atoms with van der Waals surface area (Å²) >= 11 is 3.66. The molecule has 2 aromatic carbocycles. The number of ether oxygens (including phenoxy) is 3. The molecule has 0 aromatic heterocycles. The number of rotatable bonds is 11. The molecule has 0 heterocycles. The molecule has 1 N–H and O–H groups in total. The van der Waals surface area contributed by atoms with Crippen LogP contribution in [0, 0.1) is 6.92 Å². The van der Waals surface area contributed by atoms with E-state index in [2.05, 4.69) is 40.3 Å². The summed E-state index contributed by atoms with van der Waals surface area (Å²) in [4.78, 5) is 0. The maximum absolute atomic E-state index is 6.06. The van der Waals surface area contributed by atoms with Crippen LogP contribution in [0.15, 0.2) is 40.9 Å². The second kappa shape index (κ2) is 11.2. The van der Waals surface area contributed by atoms with E-state index in [1.807, 2.05) is 31.2 Å². The smallest absolute Gasteiger partial charge is 0.162 e. The van der Waals surface area contributed by atoms with Gasteiger partial charge in [-0.1, -0.05) is 40.2 Å². The lowest BCUT2D eigenvalue weighted by Gasteiger charge is -2.16. The Morgan fingerprint density at radius 1 is 1.04 bits per heavy atom. The van der Waals surface area contributed by atoms with Gasteiger partial charge in [-0.15, -0.1) is 0 Å². The highest BCUT2D eigenvalue weighted by molar-refractivity contribution is 9.10. The molecule has 0 atom stereocenters. The Morgan fingerprint density at radius 2 is 1.81 bits per heavy atom. The molecule has 0 amide bonds. The monoisotopic (exact) mass is 421 g/mol. The van der Waals surface area contributed by atoms with Crippen molar-refractivity contribution in [1.82, 2.24) is 5.32 Å². The highest BCUT2D eigenvalue weighted by Gasteiger charge is 2.11. The van der Waals surface area contributed by atoms with Gasteiger partial charge in [0.25, 0.3) is 0 Å². The lowest BCUT2D eigenvalue weighted by Crippen LogP contribution is -2.16. The molecule has 142 valence electrons. The van der Waals surface area contributed by atoms with E-state index >= 15 is 0 Å². The predicted octanol–water partition coefficient (Wildman–Crippen LogP) is 4.86. The maximum Gasteiger partial charge on any atom is 0.162 e. The van der Waals surface area contributed by atoms with Crippen molar-refractivity contribution in [3.8, 4) is 11.5 Å². The summed E-state index contributed by atoms with van der Waals surface area (Å²) in [5, 5.41) is 3.43. The maximum atomic E-state index is 6.06. The van der Waals surface area contributed by atoms with Gasteiger partial charge in [-0.3, -0.25) is 0 Å². The Labute approximate surface area is 165 Å². The number of methoxy groups -OCH3 is 1. The molecule has 0 bridgehead atoms. The molecule has 0 fully saturated rings. The quantitative estimate of drug-likeness (QED) is 0.525. The molecule has 0 saturated carbocycles. The van der Waals surface area contributed by atoms with Gasteiger partial charge in [0.05, 0.1) is 6.61 Å². The third-order valence-corrected chi connectivity index (χ3v) is 4.81. The molecule has 0 aliphatic rings. The summed E-state index contributed by atoms with van der Waals surface area (Å²) in [6.07, 6.45) is 0.990. The van der Waals surface area contributed by atoms with Crippen molar-refractivity contribution in [1.29, 1.82) is 0 Å². The van der Waals surface area contributed by atoms with Crippen LogP contribution >= 0.6 is 15.9 Å². The van der Waals surface area contributed by atoms with Crippen molar-refractivity contribution < 1.29 is 14.2 Å². The Kier molecular flexibility index (Phi) is 8.95. The Hall–Kier alpha value is -1.56. The molecular weight excluding hydrogens is 394 g/mol. The minimum atomic E-state index is 0.522. The first-order valence-electron chi connectivity index (χ1n) is 8.97. The van der Waals surface area contributed by atoms with E-state index in [0.717, 1.165) is 47.7 Å². The largest absolute Gasteiger partial charge is 0.490 e. The van der Waals surface area contributed by atoms with E-state index in [4.69, 9.17) is 14.2 Å². The van der Waals surface area contributed by atoms with Crippen LogP contribution in [0.1, 0.15) is 30.0 Å². The van der Waals surface area contributed by atoms with Crippen molar-refractivity contribution in [3.63, 3.8) is 0 Å². The summed E-state index contributed by atoms with van der Waals surface area (Å²) in [6, 6.07) is 12.3. The normalized spacial score (nSPS) is 10.8. The highest BCUT2D eigenvalue weighted by Crippen LogP contribution is 2.34. The Balaban J connectivity index is 2.06. The van der Waals surface area contributed by atoms with Crippen molar-refractivity contribution in [2.75, 3.05) is 26.9 Å². The molecule has 0 aliphatic heterocycles. The number of benzene rings is 2. The first-order valence-corrected chi connectivity index (χ1v) is 9.77. The van der Waals surface area contributed by atoms with Gasteiger partial charge in [-0.25, -0.2) is 0 Å². The second-order valence-electron chi connectivity index (χ2n) is 6.06. The van der Waals surface area contributed by atoms with Gasteiger partial charge in [-0.05, 0) is 55.6 Å². The molecular formula is C21H28BrNO3. The molecule has 2 aromatic rings. The first-order chi connectivity index (χ1) is 12.7. The summed E-state index contributed by atoms with van der Waals surface area (Å²) in [7, 11) is 1.72. The standard InChI is InChI=1S/C21H28BrNO3/c1-4-25-20-12-18(14-23-10-7-11-24-3)19(22)13-21(20)26-15-17-9-6-5-8-16(17)2/h5-6,8-9,12-13,23H,4,7,10-11,14-15H2,1-3H3. The Morgan fingerprint density at radius 3 is 2.54 bits per heavy atom. The fourth-order valence-electron chi connectivity index (χ4n) is 2.59. The van der Waals surface area contributed by atoms with Gasteiger partial charge >= 0.3 is 0 Å². The molecule has 0 radical (unpaired) electrons. The van der Waals surface area contributed by atoms with Crippen LogP contribution in [0.5, 0.6) is 11.5 Å². The second-order valence-corrected chi connectivity index (χ2v) is 6.92. The highest BCUT2D eigenvalue weighted by atomic mass is 79.9. The first kappa shape index (κ1) is 20.7. The van der Waals surface area contributed by atoms with E-state index in [1.165, 1.54) is 11.1 Å². The molecule has 2 rings (SSSR count). The van der Waals surface area contributed by atoms with Gasteiger partial charge in [0, 0.05) is 24.7 Å². The average Bonchev–Trinajstić information content (AvgIpc) is 2.63. The van der Waals surface area contributed by atoms with Crippen LogP contribution in [0.4, 0.5) is 0 Å². The lowest BCUT2D eigenvalue weighted by atomic mass is 10.1. The van der Waals surface area contributed by atoms with Crippen LogP contribution in [0.25, 0.3) is 0 Å². The molecule has 0 saturated heterocycles. The molecule has 0 unspecified atom stereocenters. The fourth-order valence-corrected chi connectivity index (χ4v) is 3.05. The number of aryl methyl sites for hydroxylation is 1. The Bertz CT molecular complexity index is 691. The van der Waals surface area contributed by atoms with Gasteiger partial charge in [0.2, 0.25) is 0 Å². The topological polar surface area (TPSA) is 39.7 Å². The van der Waals surface area contributed by atoms with E-state index in [1.54, 1.807) is 7.11 Å². The minimum absolute atomic E-state index is 0.522. The third kappa shape index (κ3) is 6.31. The fraction of sp³-hybridized carbons (Fsp3) is 0.429. The summed E-state index contributed by atoms with van der Waals surface area (Å²) in [5.74, 6) is 1.53. The number of halogens is 1. The van der Waals surface area contributed by atoms with Crippen LogP contribution in [-0.4, -0.2) is 26.9 Å².